The highest BCUT2D eigenvalue weighted by Crippen LogP contribution is 2.28. The molecule has 0 fully saturated rings. The maximum atomic E-state index is 11.7. The average molecular weight is 270 g/mol. The highest BCUT2D eigenvalue weighted by molar-refractivity contribution is 7.20. The van der Waals surface area contributed by atoms with Crippen LogP contribution in [-0.2, 0) is 9.53 Å². The van der Waals surface area contributed by atoms with E-state index in [4.69, 9.17) is 11.6 Å². The van der Waals surface area contributed by atoms with Crippen LogP contribution < -0.4 is 0 Å². The first kappa shape index (κ1) is 12.0. The maximum Gasteiger partial charge on any atom is 0.313 e. The van der Waals surface area contributed by atoms with Gasteiger partial charge in [0.15, 0.2) is 5.01 Å². The normalized spacial score (nSPS) is 10.5. The van der Waals surface area contributed by atoms with E-state index in [9.17, 15) is 9.59 Å². The highest BCUT2D eigenvalue weighted by Gasteiger charge is 2.17. The number of methoxy groups -OCH3 is 1. The van der Waals surface area contributed by atoms with Crippen LogP contribution in [0.2, 0.25) is 5.02 Å². The fraction of sp³-hybridized carbons (Fsp3) is 0.182. The molecule has 0 bridgehead atoms. The third kappa shape index (κ3) is 2.45. The van der Waals surface area contributed by atoms with Crippen LogP contribution in [0.3, 0.4) is 0 Å². The molecule has 2 aromatic rings. The fourth-order valence-corrected chi connectivity index (χ4v) is 2.52. The van der Waals surface area contributed by atoms with Gasteiger partial charge in [-0.15, -0.1) is 11.3 Å². The number of aromatic nitrogens is 1. The zero-order valence-electron chi connectivity index (χ0n) is 8.90. The summed E-state index contributed by atoms with van der Waals surface area (Å²) in [6.07, 6.45) is -0.298. The van der Waals surface area contributed by atoms with Crippen molar-refractivity contribution in [3.63, 3.8) is 0 Å². The molecule has 0 unspecified atom stereocenters. The van der Waals surface area contributed by atoms with E-state index >= 15 is 0 Å². The number of benzene rings is 1. The Morgan fingerprint density at radius 2 is 2.24 bits per heavy atom. The molecule has 0 aliphatic rings. The largest absolute Gasteiger partial charge is 0.469 e. The summed E-state index contributed by atoms with van der Waals surface area (Å²) in [7, 11) is 1.24. The van der Waals surface area contributed by atoms with Crippen molar-refractivity contribution in [2.24, 2.45) is 0 Å². The van der Waals surface area contributed by atoms with Crippen molar-refractivity contribution < 1.29 is 14.3 Å². The van der Waals surface area contributed by atoms with Crippen molar-refractivity contribution >= 4 is 44.9 Å². The molecule has 0 radical (unpaired) electrons. The Bertz CT molecular complexity index is 593. The number of hydrogen-bond acceptors (Lipinski definition) is 5. The molecule has 0 saturated heterocycles. The topological polar surface area (TPSA) is 56.3 Å². The number of fused-ring (bicyclic) bond motifs is 1. The third-order valence-corrected chi connectivity index (χ3v) is 3.51. The second-order valence-corrected chi connectivity index (χ2v) is 4.72. The van der Waals surface area contributed by atoms with Gasteiger partial charge in [-0.25, -0.2) is 4.98 Å². The molecule has 0 spiro atoms. The molecule has 0 N–H and O–H groups in total. The van der Waals surface area contributed by atoms with Crippen LogP contribution in [0, 0.1) is 0 Å². The Labute approximate surface area is 106 Å². The van der Waals surface area contributed by atoms with E-state index < -0.39 is 5.97 Å². The molecule has 0 aliphatic carbocycles. The lowest BCUT2D eigenvalue weighted by Gasteiger charge is -1.94. The third-order valence-electron chi connectivity index (χ3n) is 2.14. The van der Waals surface area contributed by atoms with Gasteiger partial charge in [0.05, 0.1) is 16.8 Å². The van der Waals surface area contributed by atoms with Gasteiger partial charge in [-0.3, -0.25) is 9.59 Å². The Hall–Kier alpha value is -1.46. The van der Waals surface area contributed by atoms with Gasteiger partial charge in [0.25, 0.3) is 0 Å². The number of esters is 1. The lowest BCUT2D eigenvalue weighted by molar-refractivity contribution is -0.139. The van der Waals surface area contributed by atoms with Crippen LogP contribution in [0.4, 0.5) is 0 Å². The predicted octanol–water partition coefficient (Wildman–Crippen LogP) is 2.70. The van der Waals surface area contributed by atoms with Crippen molar-refractivity contribution in [3.8, 4) is 0 Å². The van der Waals surface area contributed by atoms with Gasteiger partial charge in [-0.05, 0) is 12.1 Å². The molecule has 0 saturated carbocycles. The summed E-state index contributed by atoms with van der Waals surface area (Å²) in [6.45, 7) is 0. The van der Waals surface area contributed by atoms with Gasteiger partial charge in [-0.2, -0.15) is 0 Å². The van der Waals surface area contributed by atoms with Crippen molar-refractivity contribution in [1.82, 2.24) is 4.98 Å². The lowest BCUT2D eigenvalue weighted by Crippen LogP contribution is -2.09. The quantitative estimate of drug-likeness (QED) is 0.488. The fourth-order valence-electron chi connectivity index (χ4n) is 1.31. The van der Waals surface area contributed by atoms with Crippen LogP contribution in [0.25, 0.3) is 10.2 Å². The van der Waals surface area contributed by atoms with Crippen LogP contribution >= 0.6 is 22.9 Å². The van der Waals surface area contributed by atoms with E-state index in [0.29, 0.717) is 10.5 Å². The second kappa shape index (κ2) is 4.81. The average Bonchev–Trinajstić information content (AvgIpc) is 2.74. The molecular formula is C11H8ClNO3S. The minimum Gasteiger partial charge on any atom is -0.469 e. The van der Waals surface area contributed by atoms with E-state index in [-0.39, 0.29) is 17.2 Å². The van der Waals surface area contributed by atoms with Gasteiger partial charge in [0.2, 0.25) is 5.78 Å². The first-order valence-electron chi connectivity index (χ1n) is 4.77. The summed E-state index contributed by atoms with van der Waals surface area (Å²) in [5, 5.41) is 0.773. The number of carbonyl (C=O) groups excluding carboxylic acids is 2. The number of Topliss-reactive ketones (excluding diaryl/α,β-unsaturated/α-hetero) is 1. The van der Waals surface area contributed by atoms with Crippen molar-refractivity contribution in [3.05, 3.63) is 28.2 Å². The van der Waals surface area contributed by atoms with Crippen LogP contribution in [-0.4, -0.2) is 23.8 Å². The molecule has 1 aromatic carbocycles. The van der Waals surface area contributed by atoms with Gasteiger partial charge in [-0.1, -0.05) is 17.7 Å². The Morgan fingerprint density at radius 1 is 1.47 bits per heavy atom. The smallest absolute Gasteiger partial charge is 0.313 e. The van der Waals surface area contributed by atoms with E-state index in [2.05, 4.69) is 9.72 Å². The Kier molecular flexibility index (Phi) is 3.40. The summed E-state index contributed by atoms with van der Waals surface area (Å²) in [4.78, 5) is 26.8. The zero-order valence-corrected chi connectivity index (χ0v) is 10.5. The molecule has 0 aliphatic heterocycles. The van der Waals surface area contributed by atoms with Crippen LogP contribution in [0.15, 0.2) is 18.2 Å². The highest BCUT2D eigenvalue weighted by atomic mass is 35.5. The van der Waals surface area contributed by atoms with E-state index in [1.807, 2.05) is 6.07 Å². The molecule has 0 atom stereocenters. The number of thiazole rings is 1. The molecule has 88 valence electrons. The number of halogens is 1. The molecule has 0 amide bonds. The minimum absolute atomic E-state index is 0.276. The number of nitrogens with zero attached hydrogens (tertiary/aromatic N) is 1. The molecular weight excluding hydrogens is 262 g/mol. The second-order valence-electron chi connectivity index (χ2n) is 3.28. The van der Waals surface area contributed by atoms with Crippen molar-refractivity contribution in [1.29, 1.82) is 0 Å². The van der Waals surface area contributed by atoms with Crippen molar-refractivity contribution in [2.45, 2.75) is 6.42 Å². The lowest BCUT2D eigenvalue weighted by atomic mass is 10.3. The first-order chi connectivity index (χ1) is 8.11. The van der Waals surface area contributed by atoms with Crippen molar-refractivity contribution in [2.75, 3.05) is 7.11 Å². The Balaban J connectivity index is 2.34. The minimum atomic E-state index is -0.569. The number of hydrogen-bond donors (Lipinski definition) is 0. The molecule has 2 rings (SSSR count). The molecule has 6 heteroatoms. The standard InChI is InChI=1S/C11H8ClNO3S/c1-16-9(15)5-7(14)11-13-10-6(12)3-2-4-8(10)17-11/h2-4H,5H2,1H3. The maximum absolute atomic E-state index is 11.7. The van der Waals surface area contributed by atoms with Crippen LogP contribution in [0.5, 0.6) is 0 Å². The molecule has 1 aromatic heterocycles. The molecule has 17 heavy (non-hydrogen) atoms. The SMILES string of the molecule is COC(=O)CC(=O)c1nc2c(Cl)cccc2s1. The number of rotatable bonds is 3. The predicted molar refractivity (Wildman–Crippen MR) is 65.6 cm³/mol. The number of carbonyl (C=O) groups is 2. The first-order valence-corrected chi connectivity index (χ1v) is 5.96. The molecule has 1 heterocycles. The number of ether oxygens (including phenoxy) is 1. The van der Waals surface area contributed by atoms with E-state index in [1.54, 1.807) is 12.1 Å². The number of ketones is 1. The van der Waals surface area contributed by atoms with E-state index in [0.717, 1.165) is 4.70 Å². The summed E-state index contributed by atoms with van der Waals surface area (Å²) in [5.41, 5.74) is 0.590. The van der Waals surface area contributed by atoms with Gasteiger partial charge in [0, 0.05) is 0 Å². The van der Waals surface area contributed by atoms with Gasteiger partial charge >= 0.3 is 5.97 Å². The monoisotopic (exact) mass is 269 g/mol. The Morgan fingerprint density at radius 3 is 2.88 bits per heavy atom. The summed E-state index contributed by atoms with van der Waals surface area (Å²) < 4.78 is 5.26. The zero-order chi connectivity index (χ0) is 12.4. The van der Waals surface area contributed by atoms with Gasteiger partial charge in [0.1, 0.15) is 11.9 Å². The summed E-state index contributed by atoms with van der Waals surface area (Å²) in [5.74, 6) is -0.922. The van der Waals surface area contributed by atoms with Crippen LogP contribution in [0.1, 0.15) is 16.2 Å². The molecule has 4 nitrogen and oxygen atoms in total. The summed E-state index contributed by atoms with van der Waals surface area (Å²) in [6, 6.07) is 5.32. The van der Waals surface area contributed by atoms with E-state index in [1.165, 1.54) is 18.4 Å². The summed E-state index contributed by atoms with van der Waals surface area (Å²) >= 11 is 7.17. The number of para-hydroxylation sites is 1. The van der Waals surface area contributed by atoms with Gasteiger partial charge < -0.3 is 4.74 Å².